The van der Waals surface area contributed by atoms with Crippen LogP contribution in [-0.4, -0.2) is 47.0 Å². The minimum atomic E-state index is -0.926. The molecule has 7 heteroatoms. The largest absolute Gasteiger partial charge is 0.444 e. The third kappa shape index (κ3) is 8.87. The van der Waals surface area contributed by atoms with Crippen LogP contribution in [0.1, 0.15) is 83.0 Å². The number of hydrogen-bond acceptors (Lipinski definition) is 4. The molecule has 0 spiro atoms. The highest BCUT2D eigenvalue weighted by molar-refractivity contribution is 5.92. The number of hydrogen-bond donors (Lipinski definition) is 2. The van der Waals surface area contributed by atoms with Crippen LogP contribution in [0.15, 0.2) is 54.6 Å². The average molecular weight is 546 g/mol. The highest BCUT2D eigenvalue weighted by Crippen LogP contribution is 2.41. The molecule has 0 radical (unpaired) electrons. The summed E-state index contributed by atoms with van der Waals surface area (Å²) in [7, 11) is 0. The molecule has 3 amide bonds. The van der Waals surface area contributed by atoms with E-state index in [-0.39, 0.29) is 30.2 Å². The van der Waals surface area contributed by atoms with Gasteiger partial charge in [-0.05, 0) is 62.8 Å². The molecule has 1 saturated carbocycles. The zero-order valence-corrected chi connectivity index (χ0v) is 24.4. The third-order valence-electron chi connectivity index (χ3n) is 6.95. The Balaban J connectivity index is 2.00. The standard InChI is InChI=1S/C33H43N3O4/c1-7-9-13-20-34-30(37)29(26-18-16-24(8-2)17-19-26)36(28-21-23(28)3)31(38)27(22-25-14-11-10-12-15-25)35-32(39)40-33(4,5)6/h2,10-12,14-19,23,27-29H,7,9,13,20-22H2,1,3-6H3,(H,34,37)(H,35,39). The summed E-state index contributed by atoms with van der Waals surface area (Å²) >= 11 is 0. The van der Waals surface area contributed by atoms with Gasteiger partial charge in [-0.15, -0.1) is 6.42 Å². The zero-order chi connectivity index (χ0) is 29.3. The smallest absolute Gasteiger partial charge is 0.408 e. The molecule has 1 fully saturated rings. The summed E-state index contributed by atoms with van der Waals surface area (Å²) < 4.78 is 5.51. The molecule has 3 rings (SSSR count). The second-order valence-electron chi connectivity index (χ2n) is 11.6. The number of carbonyl (C=O) groups excluding carboxylic acids is 3. The van der Waals surface area contributed by atoms with Gasteiger partial charge in [0.05, 0.1) is 0 Å². The summed E-state index contributed by atoms with van der Waals surface area (Å²) in [4.78, 5) is 42.8. The van der Waals surface area contributed by atoms with E-state index in [0.717, 1.165) is 31.2 Å². The van der Waals surface area contributed by atoms with Crippen LogP contribution in [0.3, 0.4) is 0 Å². The lowest BCUT2D eigenvalue weighted by Gasteiger charge is -2.35. The lowest BCUT2D eigenvalue weighted by Crippen LogP contribution is -2.54. The van der Waals surface area contributed by atoms with Crippen LogP contribution in [0, 0.1) is 18.3 Å². The van der Waals surface area contributed by atoms with E-state index in [1.165, 1.54) is 0 Å². The van der Waals surface area contributed by atoms with Crippen molar-refractivity contribution in [3.05, 3.63) is 71.3 Å². The van der Waals surface area contributed by atoms with Gasteiger partial charge in [0.25, 0.3) is 0 Å². The van der Waals surface area contributed by atoms with Gasteiger partial charge in [-0.25, -0.2) is 4.79 Å². The van der Waals surface area contributed by atoms with Crippen LogP contribution >= 0.6 is 0 Å². The molecule has 1 aliphatic carbocycles. The number of benzene rings is 2. The molecular weight excluding hydrogens is 502 g/mol. The molecule has 0 heterocycles. The number of terminal acetylenes is 1. The lowest BCUT2D eigenvalue weighted by atomic mass is 9.99. The Morgan fingerprint density at radius 2 is 1.73 bits per heavy atom. The quantitative estimate of drug-likeness (QED) is 0.277. The first kappa shape index (κ1) is 30.7. The predicted octanol–water partition coefficient (Wildman–Crippen LogP) is 5.39. The van der Waals surface area contributed by atoms with Crippen LogP contribution in [0.2, 0.25) is 0 Å². The SMILES string of the molecule is C#Cc1ccc(C(C(=O)NCCCCC)N(C(=O)C(Cc2ccccc2)NC(=O)OC(C)(C)C)C2CC2C)cc1. The number of rotatable bonds is 12. The fourth-order valence-corrected chi connectivity index (χ4v) is 4.74. The summed E-state index contributed by atoms with van der Waals surface area (Å²) in [6, 6.07) is 14.8. The monoisotopic (exact) mass is 545 g/mol. The van der Waals surface area contributed by atoms with E-state index in [0.29, 0.717) is 17.7 Å². The molecule has 0 saturated heterocycles. The molecule has 2 N–H and O–H groups in total. The van der Waals surface area contributed by atoms with E-state index >= 15 is 0 Å². The van der Waals surface area contributed by atoms with E-state index in [2.05, 4.69) is 30.4 Å². The lowest BCUT2D eigenvalue weighted by molar-refractivity contribution is -0.143. The number of nitrogens with zero attached hydrogens (tertiary/aromatic N) is 1. The number of alkyl carbamates (subject to hydrolysis) is 1. The molecular formula is C33H43N3O4. The van der Waals surface area contributed by atoms with Crippen molar-refractivity contribution in [1.29, 1.82) is 0 Å². The van der Waals surface area contributed by atoms with Gasteiger partial charge in [0.1, 0.15) is 17.7 Å². The summed E-state index contributed by atoms with van der Waals surface area (Å²) in [5.41, 5.74) is 1.53. The normalized spacial score (nSPS) is 17.6. The third-order valence-corrected chi connectivity index (χ3v) is 6.95. The number of unbranched alkanes of at least 4 members (excludes halogenated alkanes) is 2. The Morgan fingerprint density at radius 3 is 2.27 bits per heavy atom. The fraction of sp³-hybridized carbons (Fsp3) is 0.485. The molecule has 7 nitrogen and oxygen atoms in total. The maximum atomic E-state index is 14.4. The van der Waals surface area contributed by atoms with E-state index in [1.807, 2.05) is 42.5 Å². The van der Waals surface area contributed by atoms with E-state index in [9.17, 15) is 14.4 Å². The first-order valence-corrected chi connectivity index (χ1v) is 14.2. The van der Waals surface area contributed by atoms with Crippen molar-refractivity contribution in [2.24, 2.45) is 5.92 Å². The van der Waals surface area contributed by atoms with Crippen molar-refractivity contribution in [2.45, 2.75) is 90.4 Å². The molecule has 0 bridgehead atoms. The Labute approximate surface area is 239 Å². The van der Waals surface area contributed by atoms with Crippen molar-refractivity contribution in [2.75, 3.05) is 6.54 Å². The summed E-state index contributed by atoms with van der Waals surface area (Å²) in [6.45, 7) is 10.0. The van der Waals surface area contributed by atoms with Gasteiger partial charge in [0.15, 0.2) is 0 Å². The fourth-order valence-electron chi connectivity index (χ4n) is 4.74. The minimum absolute atomic E-state index is 0.134. The summed E-state index contributed by atoms with van der Waals surface area (Å²) in [5.74, 6) is 2.27. The number of amides is 3. The van der Waals surface area contributed by atoms with Gasteiger partial charge >= 0.3 is 6.09 Å². The van der Waals surface area contributed by atoms with E-state index in [4.69, 9.17) is 11.2 Å². The Kier molecular flexibility index (Phi) is 10.8. The second kappa shape index (κ2) is 14.0. The number of carbonyl (C=O) groups is 3. The molecule has 0 aliphatic heterocycles. The maximum Gasteiger partial charge on any atom is 0.408 e. The molecule has 0 aromatic heterocycles. The van der Waals surface area contributed by atoms with Gasteiger partial charge in [-0.2, -0.15) is 0 Å². The van der Waals surface area contributed by atoms with Crippen LogP contribution in [0.25, 0.3) is 0 Å². The Morgan fingerprint density at radius 1 is 1.07 bits per heavy atom. The van der Waals surface area contributed by atoms with Crippen LogP contribution in [0.4, 0.5) is 4.79 Å². The molecule has 40 heavy (non-hydrogen) atoms. The van der Waals surface area contributed by atoms with Crippen molar-refractivity contribution in [3.63, 3.8) is 0 Å². The maximum absolute atomic E-state index is 14.4. The van der Waals surface area contributed by atoms with Crippen LogP contribution in [-0.2, 0) is 20.7 Å². The number of nitrogens with one attached hydrogen (secondary N) is 2. The number of ether oxygens (including phenoxy) is 1. The topological polar surface area (TPSA) is 87.7 Å². The van der Waals surface area contributed by atoms with Crippen molar-refractivity contribution >= 4 is 17.9 Å². The van der Waals surface area contributed by atoms with Crippen LogP contribution in [0.5, 0.6) is 0 Å². The average Bonchev–Trinajstić information content (AvgIpc) is 3.64. The molecule has 214 valence electrons. The zero-order valence-electron chi connectivity index (χ0n) is 24.4. The second-order valence-corrected chi connectivity index (χ2v) is 11.6. The summed E-state index contributed by atoms with van der Waals surface area (Å²) in [6.07, 6.45) is 8.83. The molecule has 4 atom stereocenters. The highest BCUT2D eigenvalue weighted by atomic mass is 16.6. The Bertz CT molecular complexity index is 1180. The highest BCUT2D eigenvalue weighted by Gasteiger charge is 2.48. The molecule has 1 aliphatic rings. The first-order valence-electron chi connectivity index (χ1n) is 14.2. The van der Waals surface area contributed by atoms with Crippen LogP contribution < -0.4 is 10.6 Å². The minimum Gasteiger partial charge on any atom is -0.444 e. The van der Waals surface area contributed by atoms with Crippen molar-refractivity contribution in [1.82, 2.24) is 15.5 Å². The first-order chi connectivity index (χ1) is 19.0. The molecule has 2 aromatic carbocycles. The summed E-state index contributed by atoms with van der Waals surface area (Å²) in [5, 5.41) is 5.87. The Hall–Kier alpha value is -3.79. The van der Waals surface area contributed by atoms with Crippen molar-refractivity contribution < 1.29 is 19.1 Å². The predicted molar refractivity (Wildman–Crippen MR) is 157 cm³/mol. The van der Waals surface area contributed by atoms with Crippen molar-refractivity contribution in [3.8, 4) is 12.3 Å². The van der Waals surface area contributed by atoms with E-state index in [1.54, 1.807) is 37.8 Å². The van der Waals surface area contributed by atoms with Gasteiger partial charge in [0, 0.05) is 24.6 Å². The van der Waals surface area contributed by atoms with E-state index < -0.39 is 23.8 Å². The van der Waals surface area contributed by atoms with Gasteiger partial charge in [-0.1, -0.05) is 75.1 Å². The molecule has 2 aromatic rings. The molecule has 4 unspecified atom stereocenters. The van der Waals surface area contributed by atoms with Gasteiger partial charge in [0.2, 0.25) is 11.8 Å². The van der Waals surface area contributed by atoms with Gasteiger partial charge < -0.3 is 20.3 Å². The van der Waals surface area contributed by atoms with Gasteiger partial charge in [-0.3, -0.25) is 9.59 Å².